The Morgan fingerprint density at radius 1 is 1.52 bits per heavy atom. The molecule has 1 fully saturated rings. The number of nitrogens with zero attached hydrogens (tertiary/aromatic N) is 1. The van der Waals surface area contributed by atoms with E-state index in [2.05, 4.69) is 6.92 Å². The maximum Gasteiger partial charge on any atom is 0.223 e. The van der Waals surface area contributed by atoms with Gasteiger partial charge in [0.15, 0.2) is 0 Å². The van der Waals surface area contributed by atoms with Crippen LogP contribution in [0.2, 0.25) is 0 Å². The molecular formula is C17H25FN2O. The molecule has 3 atom stereocenters. The maximum atomic E-state index is 13.2. The fourth-order valence-electron chi connectivity index (χ4n) is 3.13. The highest BCUT2D eigenvalue weighted by Crippen LogP contribution is 2.20. The van der Waals surface area contributed by atoms with Crippen LogP contribution in [0.4, 0.5) is 4.39 Å². The van der Waals surface area contributed by atoms with Crippen LogP contribution in [0.15, 0.2) is 24.3 Å². The SMILES string of the molecule is CC(CC(=O)N1CCC(N)CC1C)Cc1cccc(F)c1. The molecule has 21 heavy (non-hydrogen) atoms. The predicted molar refractivity (Wildman–Crippen MR) is 82.3 cm³/mol. The van der Waals surface area contributed by atoms with E-state index >= 15 is 0 Å². The van der Waals surface area contributed by atoms with Crippen LogP contribution >= 0.6 is 0 Å². The highest BCUT2D eigenvalue weighted by Gasteiger charge is 2.27. The number of piperidine rings is 1. The number of hydrogen-bond donors (Lipinski definition) is 1. The summed E-state index contributed by atoms with van der Waals surface area (Å²) in [6.45, 7) is 4.87. The number of amides is 1. The van der Waals surface area contributed by atoms with Crippen molar-refractivity contribution in [3.8, 4) is 0 Å². The zero-order chi connectivity index (χ0) is 15.4. The molecule has 1 aromatic rings. The Bertz CT molecular complexity index is 491. The molecule has 116 valence electrons. The molecule has 2 rings (SSSR count). The van der Waals surface area contributed by atoms with Crippen LogP contribution in [0, 0.1) is 11.7 Å². The molecule has 0 spiro atoms. The molecule has 4 heteroatoms. The van der Waals surface area contributed by atoms with Gasteiger partial charge in [0.25, 0.3) is 0 Å². The third-order valence-electron chi connectivity index (χ3n) is 4.23. The van der Waals surface area contributed by atoms with Crippen molar-refractivity contribution in [2.24, 2.45) is 11.7 Å². The van der Waals surface area contributed by atoms with Crippen LogP contribution in [0.3, 0.4) is 0 Å². The van der Waals surface area contributed by atoms with Crippen molar-refractivity contribution >= 4 is 5.91 Å². The van der Waals surface area contributed by atoms with E-state index in [4.69, 9.17) is 5.73 Å². The summed E-state index contributed by atoms with van der Waals surface area (Å²) in [5.74, 6) is 0.185. The van der Waals surface area contributed by atoms with E-state index < -0.39 is 0 Å². The van der Waals surface area contributed by atoms with E-state index in [1.165, 1.54) is 6.07 Å². The average molecular weight is 292 g/mol. The number of hydrogen-bond acceptors (Lipinski definition) is 2. The van der Waals surface area contributed by atoms with Gasteiger partial charge in [-0.25, -0.2) is 4.39 Å². The highest BCUT2D eigenvalue weighted by atomic mass is 19.1. The monoisotopic (exact) mass is 292 g/mol. The average Bonchev–Trinajstić information content (AvgIpc) is 2.38. The summed E-state index contributed by atoms with van der Waals surface area (Å²) < 4.78 is 13.2. The van der Waals surface area contributed by atoms with Crippen LogP contribution in [-0.2, 0) is 11.2 Å². The quantitative estimate of drug-likeness (QED) is 0.927. The maximum absolute atomic E-state index is 13.2. The van der Waals surface area contributed by atoms with E-state index in [-0.39, 0.29) is 29.7 Å². The summed E-state index contributed by atoms with van der Waals surface area (Å²) in [6, 6.07) is 7.05. The molecule has 1 saturated heterocycles. The van der Waals surface area contributed by atoms with Crippen molar-refractivity contribution in [3.63, 3.8) is 0 Å². The van der Waals surface area contributed by atoms with Gasteiger partial charge in [0, 0.05) is 25.0 Å². The smallest absolute Gasteiger partial charge is 0.223 e. The molecule has 0 saturated carbocycles. The minimum atomic E-state index is -0.218. The van der Waals surface area contributed by atoms with Crippen molar-refractivity contribution < 1.29 is 9.18 Å². The van der Waals surface area contributed by atoms with Gasteiger partial charge >= 0.3 is 0 Å². The second-order valence-corrected chi connectivity index (χ2v) is 6.36. The first-order chi connectivity index (χ1) is 9.95. The Morgan fingerprint density at radius 2 is 2.29 bits per heavy atom. The van der Waals surface area contributed by atoms with Crippen molar-refractivity contribution in [1.29, 1.82) is 0 Å². The summed E-state index contributed by atoms with van der Waals surface area (Å²) >= 11 is 0. The molecule has 3 nitrogen and oxygen atoms in total. The zero-order valence-electron chi connectivity index (χ0n) is 12.9. The van der Waals surface area contributed by atoms with E-state index in [1.807, 2.05) is 17.9 Å². The molecule has 1 aromatic carbocycles. The first-order valence-corrected chi connectivity index (χ1v) is 7.75. The lowest BCUT2D eigenvalue weighted by atomic mass is 9.95. The topological polar surface area (TPSA) is 46.3 Å². The minimum absolute atomic E-state index is 0.193. The molecule has 0 bridgehead atoms. The van der Waals surface area contributed by atoms with E-state index in [0.717, 1.165) is 31.4 Å². The third kappa shape index (κ3) is 4.53. The molecule has 1 amide bonds. The van der Waals surface area contributed by atoms with Gasteiger partial charge in [0.05, 0.1) is 0 Å². The Labute approximate surface area is 126 Å². The number of benzene rings is 1. The van der Waals surface area contributed by atoms with Crippen LogP contribution in [0.5, 0.6) is 0 Å². The highest BCUT2D eigenvalue weighted by molar-refractivity contribution is 5.76. The fraction of sp³-hybridized carbons (Fsp3) is 0.588. The van der Waals surface area contributed by atoms with Gasteiger partial charge in [-0.2, -0.15) is 0 Å². The third-order valence-corrected chi connectivity index (χ3v) is 4.23. The van der Waals surface area contributed by atoms with Crippen LogP contribution in [0.1, 0.15) is 38.7 Å². The van der Waals surface area contributed by atoms with Gasteiger partial charge < -0.3 is 10.6 Å². The lowest BCUT2D eigenvalue weighted by Gasteiger charge is -2.37. The standard InChI is InChI=1S/C17H25FN2O/c1-12(8-14-4-3-5-15(18)11-14)9-17(21)20-7-6-16(19)10-13(20)2/h3-5,11-13,16H,6-10,19H2,1-2H3. The number of likely N-dealkylation sites (tertiary alicyclic amines) is 1. The first kappa shape index (κ1) is 16.0. The second kappa shape index (κ2) is 7.03. The summed E-state index contributed by atoms with van der Waals surface area (Å²) in [5.41, 5.74) is 6.88. The lowest BCUT2D eigenvalue weighted by molar-refractivity contribution is -0.135. The molecule has 2 N–H and O–H groups in total. The van der Waals surface area contributed by atoms with Gasteiger partial charge in [-0.15, -0.1) is 0 Å². The Morgan fingerprint density at radius 3 is 2.95 bits per heavy atom. The molecule has 0 aliphatic carbocycles. The number of halogens is 1. The summed E-state index contributed by atoms with van der Waals surface area (Å²) in [5, 5.41) is 0. The molecule has 1 aliphatic heterocycles. The van der Waals surface area contributed by atoms with Crippen molar-refractivity contribution in [2.75, 3.05) is 6.54 Å². The zero-order valence-corrected chi connectivity index (χ0v) is 12.9. The van der Waals surface area contributed by atoms with Crippen molar-refractivity contribution in [1.82, 2.24) is 4.90 Å². The number of nitrogens with two attached hydrogens (primary N) is 1. The first-order valence-electron chi connectivity index (χ1n) is 7.75. The normalized spacial score (nSPS) is 23.9. The largest absolute Gasteiger partial charge is 0.340 e. The van der Waals surface area contributed by atoms with Gasteiger partial charge in [0.2, 0.25) is 5.91 Å². The molecule has 3 unspecified atom stereocenters. The molecule has 0 aromatic heterocycles. The Hall–Kier alpha value is -1.42. The van der Waals surface area contributed by atoms with Crippen LogP contribution < -0.4 is 5.73 Å². The molecule has 1 aliphatic rings. The number of carbonyl (C=O) groups excluding carboxylic acids is 1. The van der Waals surface area contributed by atoms with Gasteiger partial charge in [-0.1, -0.05) is 19.1 Å². The lowest BCUT2D eigenvalue weighted by Crippen LogP contribution is -2.48. The molecule has 0 radical (unpaired) electrons. The van der Waals surface area contributed by atoms with Gasteiger partial charge in [-0.05, 0) is 49.8 Å². The van der Waals surface area contributed by atoms with E-state index in [1.54, 1.807) is 12.1 Å². The summed E-state index contributed by atoms with van der Waals surface area (Å²) in [4.78, 5) is 14.3. The van der Waals surface area contributed by atoms with Crippen LogP contribution in [-0.4, -0.2) is 29.4 Å². The van der Waals surface area contributed by atoms with E-state index in [9.17, 15) is 9.18 Å². The van der Waals surface area contributed by atoms with Crippen LogP contribution in [0.25, 0.3) is 0 Å². The van der Waals surface area contributed by atoms with Gasteiger partial charge in [0.1, 0.15) is 5.82 Å². The van der Waals surface area contributed by atoms with E-state index in [0.29, 0.717) is 6.42 Å². The summed E-state index contributed by atoms with van der Waals surface area (Å²) in [6.07, 6.45) is 3.00. The predicted octanol–water partition coefficient (Wildman–Crippen LogP) is 2.73. The fourth-order valence-corrected chi connectivity index (χ4v) is 3.13. The second-order valence-electron chi connectivity index (χ2n) is 6.36. The summed E-state index contributed by atoms with van der Waals surface area (Å²) in [7, 11) is 0. The molecule has 1 heterocycles. The van der Waals surface area contributed by atoms with Crippen molar-refractivity contribution in [2.45, 2.75) is 51.6 Å². The Kier molecular flexibility index (Phi) is 5.34. The number of rotatable bonds is 4. The van der Waals surface area contributed by atoms with Crippen molar-refractivity contribution in [3.05, 3.63) is 35.6 Å². The minimum Gasteiger partial charge on any atom is -0.340 e. The van der Waals surface area contributed by atoms with Gasteiger partial charge in [-0.3, -0.25) is 4.79 Å². The molecular weight excluding hydrogens is 267 g/mol. The Balaban J connectivity index is 1.87. The number of carbonyl (C=O) groups is 1.